The summed E-state index contributed by atoms with van der Waals surface area (Å²) in [5, 5.41) is 0. The van der Waals surface area contributed by atoms with E-state index < -0.39 is 12.7 Å². The van der Waals surface area contributed by atoms with Gasteiger partial charge in [-0.1, -0.05) is 0 Å². The third kappa shape index (κ3) is 25.4. The topological polar surface area (TPSA) is 27.6 Å². The maximum atomic E-state index is 10.7. The fourth-order valence-electron chi connectivity index (χ4n) is 0. The molecular formula is C2H5F3I2NPb+. The van der Waals surface area contributed by atoms with Crippen LogP contribution in [0.15, 0.2) is 0 Å². The predicted molar refractivity (Wildman–Crippen MR) is 47.6 cm³/mol. The molecule has 0 amide bonds. The van der Waals surface area contributed by atoms with Gasteiger partial charge in [0.15, 0.2) is 6.54 Å². The Bertz CT molecular complexity index is 58.3. The Labute approximate surface area is 81.4 Å². The second kappa shape index (κ2) is 8.23. The molecule has 0 atom stereocenters. The fourth-order valence-corrected chi connectivity index (χ4v) is 0. The van der Waals surface area contributed by atoms with Crippen molar-refractivity contribution in [3.8, 4) is 0 Å². The molecule has 0 aliphatic carbocycles. The van der Waals surface area contributed by atoms with Crippen LogP contribution in [0.3, 0.4) is 0 Å². The van der Waals surface area contributed by atoms with Crippen LogP contribution in [0.1, 0.15) is 0 Å². The van der Waals surface area contributed by atoms with Crippen molar-refractivity contribution in [1.82, 2.24) is 0 Å². The van der Waals surface area contributed by atoms with Gasteiger partial charge >= 0.3 is 57.3 Å². The largest absolute Gasteiger partial charge is 0.438 e. The summed E-state index contributed by atoms with van der Waals surface area (Å²) in [7, 11) is 0. The first kappa shape index (κ1) is 13.7. The standard InChI is InChI=1S/C2H4F3N.2HI.Pb/c3-2(4,5)1-6;;;/h1,6H2;2*1H;/q;;;+2/p-1. The molecule has 0 unspecified atom stereocenters. The van der Waals surface area contributed by atoms with Crippen molar-refractivity contribution >= 4 is 51.2 Å². The number of rotatable bonds is 0. The molecule has 56 valence electrons. The zero-order chi connectivity index (χ0) is 7.91. The number of halogens is 5. The SMILES string of the molecule is [I][Pb][I].[NH3+]CC(F)(F)F. The summed E-state index contributed by atoms with van der Waals surface area (Å²) < 4.78 is 32.2. The molecule has 0 aliphatic heterocycles. The third-order valence-electron chi connectivity index (χ3n) is 0.283. The van der Waals surface area contributed by atoms with Gasteiger partial charge in [0, 0.05) is 0 Å². The van der Waals surface area contributed by atoms with Crippen LogP contribution in [0.5, 0.6) is 0 Å². The van der Waals surface area contributed by atoms with Crippen molar-refractivity contribution in [2.75, 3.05) is 6.54 Å². The van der Waals surface area contributed by atoms with E-state index in [1.165, 1.54) is 0 Å². The van der Waals surface area contributed by atoms with Gasteiger partial charge in [0.2, 0.25) is 0 Å². The first-order valence-electron chi connectivity index (χ1n) is 1.80. The number of quaternary nitrogens is 1. The van der Waals surface area contributed by atoms with Crippen molar-refractivity contribution < 1.29 is 18.9 Å². The zero-order valence-electron chi connectivity index (χ0n) is 4.30. The molecule has 9 heavy (non-hydrogen) atoms. The van der Waals surface area contributed by atoms with E-state index in [9.17, 15) is 13.2 Å². The molecule has 0 aliphatic rings. The van der Waals surface area contributed by atoms with E-state index in [-0.39, 0.29) is 15.6 Å². The second-order valence-electron chi connectivity index (χ2n) is 0.937. The molecule has 0 fully saturated rings. The minimum absolute atomic E-state index is 0.0233. The van der Waals surface area contributed by atoms with Crippen LogP contribution < -0.4 is 5.73 Å². The molecule has 0 rings (SSSR count). The van der Waals surface area contributed by atoms with Crippen molar-refractivity contribution in [3.05, 3.63) is 0 Å². The fraction of sp³-hybridized carbons (Fsp3) is 1.00. The van der Waals surface area contributed by atoms with Gasteiger partial charge in [-0.25, -0.2) is 0 Å². The quantitative estimate of drug-likeness (QED) is 0.341. The molecule has 7 heteroatoms. The van der Waals surface area contributed by atoms with Gasteiger partial charge in [-0.05, 0) is 0 Å². The van der Waals surface area contributed by atoms with Crippen LogP contribution in [0.25, 0.3) is 0 Å². The Morgan fingerprint density at radius 2 is 1.44 bits per heavy atom. The molecule has 3 N–H and O–H groups in total. The van der Waals surface area contributed by atoms with Gasteiger partial charge in [-0.2, -0.15) is 13.2 Å². The summed E-state index contributed by atoms with van der Waals surface area (Å²) in [4.78, 5) is 0. The van der Waals surface area contributed by atoms with E-state index in [2.05, 4.69) is 41.3 Å². The van der Waals surface area contributed by atoms with E-state index in [0.717, 1.165) is 0 Å². The van der Waals surface area contributed by atoms with Gasteiger partial charge in [-0.15, -0.1) is 0 Å². The van der Waals surface area contributed by atoms with E-state index in [1.807, 2.05) is 0 Å². The van der Waals surface area contributed by atoms with Crippen molar-refractivity contribution in [2.45, 2.75) is 6.18 Å². The summed E-state index contributed by atoms with van der Waals surface area (Å²) in [6.07, 6.45) is -4.07. The normalized spacial score (nSPS) is 10.0. The van der Waals surface area contributed by atoms with Crippen LogP contribution in [0.2, 0.25) is 0 Å². The Kier molecular flexibility index (Phi) is 12.5. The van der Waals surface area contributed by atoms with Crippen molar-refractivity contribution in [2.24, 2.45) is 0 Å². The second-order valence-corrected chi connectivity index (χ2v) is 29.1. The molecule has 0 spiro atoms. The summed E-state index contributed by atoms with van der Waals surface area (Å²) in [5.41, 5.74) is 2.63. The van der Waals surface area contributed by atoms with Crippen LogP contribution in [0.4, 0.5) is 13.2 Å². The molecule has 0 saturated carbocycles. The molecule has 0 aromatic rings. The van der Waals surface area contributed by atoms with E-state index in [1.54, 1.807) is 0 Å². The Morgan fingerprint density at radius 1 is 1.33 bits per heavy atom. The molecule has 0 saturated heterocycles. The first-order valence-corrected chi connectivity index (χ1v) is 23.7. The van der Waals surface area contributed by atoms with Gasteiger partial charge in [-0.3, -0.25) is 0 Å². The minimum atomic E-state index is -4.07. The summed E-state index contributed by atoms with van der Waals surface area (Å²) >= 11 is 4.96. The summed E-state index contributed by atoms with van der Waals surface area (Å²) in [6, 6.07) is 0. The van der Waals surface area contributed by atoms with Crippen molar-refractivity contribution in [1.29, 1.82) is 0 Å². The predicted octanol–water partition coefficient (Wildman–Crippen LogP) is 1.18. The third-order valence-corrected chi connectivity index (χ3v) is 0.283. The van der Waals surface area contributed by atoms with Crippen LogP contribution in [0, 0.1) is 0 Å². The maximum absolute atomic E-state index is 10.7. The number of alkyl halides is 3. The van der Waals surface area contributed by atoms with E-state index in [4.69, 9.17) is 0 Å². The maximum Gasteiger partial charge on any atom is 0.438 e. The van der Waals surface area contributed by atoms with Crippen LogP contribution >= 0.6 is 35.5 Å². The van der Waals surface area contributed by atoms with Crippen molar-refractivity contribution in [3.63, 3.8) is 0 Å². The van der Waals surface area contributed by atoms with Gasteiger partial charge < -0.3 is 5.73 Å². The average molecular weight is 561 g/mol. The molecule has 0 heterocycles. The van der Waals surface area contributed by atoms with Gasteiger partial charge in [0.25, 0.3) is 0 Å². The molecule has 2 radical (unpaired) electrons. The van der Waals surface area contributed by atoms with E-state index >= 15 is 0 Å². The number of hydrogen-bond donors (Lipinski definition) is 1. The molecule has 0 aromatic carbocycles. The Hall–Kier alpha value is 2.13. The summed E-state index contributed by atoms with van der Waals surface area (Å²) in [5.74, 6) is 0. The smallest absolute Gasteiger partial charge is 0.350 e. The van der Waals surface area contributed by atoms with Gasteiger partial charge in [0.05, 0.1) is 0 Å². The Morgan fingerprint density at radius 3 is 1.44 bits per heavy atom. The first-order chi connectivity index (χ1) is 3.97. The molecular weight excluding hydrogens is 556 g/mol. The molecule has 1 nitrogen and oxygen atoms in total. The van der Waals surface area contributed by atoms with E-state index in [0.29, 0.717) is 0 Å². The average Bonchev–Trinajstić information content (AvgIpc) is 1.67. The number of hydrogen-bond acceptors (Lipinski definition) is 0. The minimum Gasteiger partial charge on any atom is -0.350 e. The molecule has 0 bridgehead atoms. The zero-order valence-corrected chi connectivity index (χ0v) is 12.5. The summed E-state index contributed by atoms with van der Waals surface area (Å²) in [6.45, 7) is -0.979. The Balaban J connectivity index is 0. The van der Waals surface area contributed by atoms with Crippen LogP contribution in [-0.4, -0.2) is 28.4 Å². The van der Waals surface area contributed by atoms with Crippen LogP contribution in [-0.2, 0) is 0 Å². The molecule has 0 aromatic heterocycles. The monoisotopic (exact) mass is 562 g/mol. The van der Waals surface area contributed by atoms with Gasteiger partial charge in [0.1, 0.15) is 0 Å².